The number of unbranched alkanes of at least 4 members (excludes halogenated alkanes) is 1. The molecule has 0 saturated heterocycles. The molecular weight excluding hydrogens is 208 g/mol. The number of nitrogens with one attached hydrogen (secondary N) is 2. The largest absolute Gasteiger partial charge is 0.385 e. The molecule has 2 N–H and O–H groups in total. The van der Waals surface area contributed by atoms with E-state index in [1.165, 1.54) is 25.7 Å². The third kappa shape index (κ3) is 5.95. The SMILES string of the molecule is COCCCCNC(=S)NC1CCCC1. The van der Waals surface area contributed by atoms with Crippen LogP contribution in [0, 0.1) is 0 Å². The van der Waals surface area contributed by atoms with Gasteiger partial charge in [-0.1, -0.05) is 12.8 Å². The fraction of sp³-hybridized carbons (Fsp3) is 0.909. The maximum atomic E-state index is 5.22. The lowest BCUT2D eigenvalue weighted by atomic mass is 10.2. The van der Waals surface area contributed by atoms with Crippen LogP contribution in [0.3, 0.4) is 0 Å². The molecule has 0 unspecified atom stereocenters. The normalized spacial score (nSPS) is 16.6. The summed E-state index contributed by atoms with van der Waals surface area (Å²) < 4.78 is 4.98. The highest BCUT2D eigenvalue weighted by Gasteiger charge is 2.14. The van der Waals surface area contributed by atoms with Crippen molar-refractivity contribution >= 4 is 17.3 Å². The first-order valence-electron chi connectivity index (χ1n) is 5.86. The molecule has 1 aliphatic carbocycles. The van der Waals surface area contributed by atoms with Gasteiger partial charge in [0.05, 0.1) is 0 Å². The van der Waals surface area contributed by atoms with Crippen molar-refractivity contribution < 1.29 is 4.74 Å². The van der Waals surface area contributed by atoms with E-state index in [2.05, 4.69) is 10.6 Å². The van der Waals surface area contributed by atoms with Gasteiger partial charge in [-0.05, 0) is 37.9 Å². The Morgan fingerprint density at radius 1 is 1.33 bits per heavy atom. The molecule has 0 aliphatic heterocycles. The monoisotopic (exact) mass is 230 g/mol. The topological polar surface area (TPSA) is 33.3 Å². The lowest BCUT2D eigenvalue weighted by Gasteiger charge is -2.15. The van der Waals surface area contributed by atoms with Gasteiger partial charge in [0.1, 0.15) is 0 Å². The first kappa shape index (κ1) is 12.7. The summed E-state index contributed by atoms with van der Waals surface area (Å²) in [6, 6.07) is 0.615. The predicted octanol–water partition coefficient (Wildman–Crippen LogP) is 1.82. The average molecular weight is 230 g/mol. The predicted molar refractivity (Wildman–Crippen MR) is 67.1 cm³/mol. The van der Waals surface area contributed by atoms with Crippen LogP contribution in [0.4, 0.5) is 0 Å². The Hall–Kier alpha value is -0.350. The van der Waals surface area contributed by atoms with Gasteiger partial charge in [0.25, 0.3) is 0 Å². The quantitative estimate of drug-likeness (QED) is 0.539. The van der Waals surface area contributed by atoms with E-state index >= 15 is 0 Å². The Kier molecular flexibility index (Phi) is 6.68. The second-order valence-corrected chi connectivity index (χ2v) is 4.49. The molecule has 0 aromatic carbocycles. The van der Waals surface area contributed by atoms with Gasteiger partial charge in [0, 0.05) is 26.3 Å². The molecule has 15 heavy (non-hydrogen) atoms. The smallest absolute Gasteiger partial charge is 0.166 e. The number of hydrogen-bond acceptors (Lipinski definition) is 2. The Balaban J connectivity index is 1.93. The Labute approximate surface area is 98.0 Å². The number of thiocarbonyl (C=S) groups is 1. The van der Waals surface area contributed by atoms with Crippen molar-refractivity contribution in [2.24, 2.45) is 0 Å². The molecular formula is C11H22N2OS. The van der Waals surface area contributed by atoms with Crippen LogP contribution >= 0.6 is 12.2 Å². The van der Waals surface area contributed by atoms with E-state index in [9.17, 15) is 0 Å². The molecule has 0 amide bonds. The summed E-state index contributed by atoms with van der Waals surface area (Å²) in [6.45, 7) is 1.78. The number of methoxy groups -OCH3 is 1. The zero-order chi connectivity index (χ0) is 10.9. The standard InChI is InChI=1S/C11H22N2OS/c1-14-9-5-4-8-12-11(15)13-10-6-2-3-7-10/h10H,2-9H2,1H3,(H2,12,13,15). The van der Waals surface area contributed by atoms with Crippen LogP contribution < -0.4 is 10.6 Å². The molecule has 1 aliphatic rings. The highest BCUT2D eigenvalue weighted by molar-refractivity contribution is 7.80. The first-order chi connectivity index (χ1) is 7.33. The van der Waals surface area contributed by atoms with Crippen molar-refractivity contribution in [2.75, 3.05) is 20.3 Å². The van der Waals surface area contributed by atoms with Crippen molar-refractivity contribution in [3.05, 3.63) is 0 Å². The Morgan fingerprint density at radius 3 is 2.73 bits per heavy atom. The van der Waals surface area contributed by atoms with E-state index in [1.807, 2.05) is 0 Å². The van der Waals surface area contributed by atoms with Crippen LogP contribution in [0.15, 0.2) is 0 Å². The van der Waals surface area contributed by atoms with E-state index in [1.54, 1.807) is 7.11 Å². The van der Waals surface area contributed by atoms with Crippen LogP contribution in [-0.4, -0.2) is 31.4 Å². The maximum absolute atomic E-state index is 5.22. The van der Waals surface area contributed by atoms with Crippen molar-refractivity contribution in [3.8, 4) is 0 Å². The number of rotatable bonds is 6. The minimum absolute atomic E-state index is 0.615. The third-order valence-corrected chi connectivity index (χ3v) is 3.01. The summed E-state index contributed by atoms with van der Waals surface area (Å²) in [5, 5.41) is 7.41. The summed E-state index contributed by atoms with van der Waals surface area (Å²) in [5.41, 5.74) is 0. The molecule has 88 valence electrons. The van der Waals surface area contributed by atoms with Gasteiger partial charge in [-0.3, -0.25) is 0 Å². The van der Waals surface area contributed by atoms with E-state index in [4.69, 9.17) is 17.0 Å². The molecule has 1 saturated carbocycles. The fourth-order valence-electron chi connectivity index (χ4n) is 1.88. The second-order valence-electron chi connectivity index (χ2n) is 4.08. The van der Waals surface area contributed by atoms with Gasteiger partial charge in [-0.25, -0.2) is 0 Å². The maximum Gasteiger partial charge on any atom is 0.166 e. The molecule has 0 aromatic rings. The van der Waals surface area contributed by atoms with Gasteiger partial charge in [0.15, 0.2) is 5.11 Å². The van der Waals surface area contributed by atoms with E-state index < -0.39 is 0 Å². The molecule has 1 rings (SSSR count). The van der Waals surface area contributed by atoms with Crippen LogP contribution in [0.5, 0.6) is 0 Å². The van der Waals surface area contributed by atoms with Gasteiger partial charge >= 0.3 is 0 Å². The lowest BCUT2D eigenvalue weighted by Crippen LogP contribution is -2.41. The number of ether oxygens (including phenoxy) is 1. The molecule has 1 fully saturated rings. The molecule has 0 heterocycles. The summed E-state index contributed by atoms with van der Waals surface area (Å²) in [7, 11) is 1.74. The first-order valence-corrected chi connectivity index (χ1v) is 6.27. The van der Waals surface area contributed by atoms with E-state index in [0.29, 0.717) is 6.04 Å². The van der Waals surface area contributed by atoms with E-state index in [-0.39, 0.29) is 0 Å². The molecule has 0 atom stereocenters. The van der Waals surface area contributed by atoms with Crippen molar-refractivity contribution in [1.29, 1.82) is 0 Å². The number of hydrogen-bond donors (Lipinski definition) is 2. The van der Waals surface area contributed by atoms with Gasteiger partial charge in [-0.15, -0.1) is 0 Å². The lowest BCUT2D eigenvalue weighted by molar-refractivity contribution is 0.193. The van der Waals surface area contributed by atoms with Gasteiger partial charge in [-0.2, -0.15) is 0 Å². The Morgan fingerprint density at radius 2 is 2.07 bits per heavy atom. The summed E-state index contributed by atoms with van der Waals surface area (Å²) >= 11 is 5.22. The van der Waals surface area contributed by atoms with E-state index in [0.717, 1.165) is 31.1 Å². The second kappa shape index (κ2) is 7.88. The van der Waals surface area contributed by atoms with Gasteiger partial charge in [0.2, 0.25) is 0 Å². The summed E-state index contributed by atoms with van der Waals surface area (Å²) in [6.07, 6.45) is 7.43. The molecule has 3 nitrogen and oxygen atoms in total. The van der Waals surface area contributed by atoms with Crippen molar-refractivity contribution in [2.45, 2.75) is 44.6 Å². The fourth-order valence-corrected chi connectivity index (χ4v) is 2.15. The van der Waals surface area contributed by atoms with Gasteiger partial charge < -0.3 is 15.4 Å². The summed E-state index contributed by atoms with van der Waals surface area (Å²) in [4.78, 5) is 0. The molecule has 0 radical (unpaired) electrons. The average Bonchev–Trinajstić information content (AvgIpc) is 2.70. The zero-order valence-corrected chi connectivity index (χ0v) is 10.4. The minimum Gasteiger partial charge on any atom is -0.385 e. The third-order valence-electron chi connectivity index (χ3n) is 2.75. The zero-order valence-electron chi connectivity index (χ0n) is 9.55. The summed E-state index contributed by atoms with van der Waals surface area (Å²) in [5.74, 6) is 0. The highest BCUT2D eigenvalue weighted by atomic mass is 32.1. The van der Waals surface area contributed by atoms with Crippen LogP contribution in [-0.2, 0) is 4.74 Å². The van der Waals surface area contributed by atoms with Crippen molar-refractivity contribution in [1.82, 2.24) is 10.6 Å². The molecule has 4 heteroatoms. The molecule has 0 bridgehead atoms. The van der Waals surface area contributed by atoms with Crippen LogP contribution in [0.2, 0.25) is 0 Å². The minimum atomic E-state index is 0.615. The molecule has 0 spiro atoms. The molecule has 0 aromatic heterocycles. The Bertz CT molecular complexity index is 181. The highest BCUT2D eigenvalue weighted by Crippen LogP contribution is 2.17. The van der Waals surface area contributed by atoms with Crippen molar-refractivity contribution in [3.63, 3.8) is 0 Å². The van der Waals surface area contributed by atoms with Crippen LogP contribution in [0.1, 0.15) is 38.5 Å². The van der Waals surface area contributed by atoms with Crippen LogP contribution in [0.25, 0.3) is 0 Å².